The smallest absolute Gasteiger partial charge is 0.130 e. The average Bonchev–Trinajstić information content (AvgIpc) is 2.82. The van der Waals surface area contributed by atoms with Crippen molar-refractivity contribution in [3.05, 3.63) is 48.3 Å². The molecule has 0 aliphatic carbocycles. The van der Waals surface area contributed by atoms with E-state index in [1.165, 1.54) is 4.90 Å². The maximum absolute atomic E-state index is 5.78. The van der Waals surface area contributed by atoms with Crippen LogP contribution in [0.15, 0.2) is 47.5 Å². The van der Waals surface area contributed by atoms with E-state index in [0.717, 1.165) is 30.0 Å². The molecule has 0 amide bonds. The summed E-state index contributed by atoms with van der Waals surface area (Å²) in [6.07, 6.45) is 2.76. The number of hydrogen-bond acceptors (Lipinski definition) is 5. The Labute approximate surface area is 116 Å². The summed E-state index contributed by atoms with van der Waals surface area (Å²) in [4.78, 5) is 5.51. The van der Waals surface area contributed by atoms with Crippen LogP contribution in [0.25, 0.3) is 0 Å². The van der Waals surface area contributed by atoms with E-state index in [-0.39, 0.29) is 5.50 Å². The van der Waals surface area contributed by atoms with Crippen LogP contribution in [0.2, 0.25) is 0 Å². The van der Waals surface area contributed by atoms with Gasteiger partial charge in [-0.2, -0.15) is 0 Å². The number of nitrogen functional groups attached to an aromatic ring is 1. The maximum Gasteiger partial charge on any atom is 0.130 e. The summed E-state index contributed by atoms with van der Waals surface area (Å²) >= 11 is 1.76. The molecule has 1 aromatic heterocycles. The SMILES string of the molecule is Nc1ccc2c(c1)SC(NCCc1ccccn1)N2. The monoisotopic (exact) mass is 272 g/mol. The van der Waals surface area contributed by atoms with Crippen LogP contribution in [0.1, 0.15) is 5.69 Å². The van der Waals surface area contributed by atoms with Gasteiger partial charge in [0, 0.05) is 41.1 Å². The number of nitrogens with one attached hydrogen (secondary N) is 2. The Balaban J connectivity index is 1.51. The highest BCUT2D eigenvalue weighted by atomic mass is 32.2. The van der Waals surface area contributed by atoms with Crippen LogP contribution in [-0.4, -0.2) is 17.0 Å². The minimum absolute atomic E-state index is 0.209. The lowest BCUT2D eigenvalue weighted by molar-refractivity contribution is 0.687. The molecular formula is C14H16N4S. The Kier molecular flexibility index (Phi) is 3.57. The third kappa shape index (κ3) is 3.00. The van der Waals surface area contributed by atoms with Gasteiger partial charge in [-0.05, 0) is 30.3 Å². The predicted molar refractivity (Wildman–Crippen MR) is 80.1 cm³/mol. The largest absolute Gasteiger partial charge is 0.399 e. The summed E-state index contributed by atoms with van der Waals surface area (Å²) < 4.78 is 0. The molecule has 0 spiro atoms. The molecule has 1 atom stereocenters. The Morgan fingerprint density at radius 2 is 2.26 bits per heavy atom. The number of rotatable bonds is 4. The van der Waals surface area contributed by atoms with Crippen molar-refractivity contribution in [2.75, 3.05) is 17.6 Å². The predicted octanol–water partition coefficient (Wildman–Crippen LogP) is 2.30. The molecule has 4 nitrogen and oxygen atoms in total. The van der Waals surface area contributed by atoms with E-state index in [1.54, 1.807) is 11.8 Å². The van der Waals surface area contributed by atoms with E-state index in [2.05, 4.69) is 15.6 Å². The summed E-state index contributed by atoms with van der Waals surface area (Å²) in [5, 5.41) is 6.89. The molecule has 0 saturated heterocycles. The number of nitrogens with two attached hydrogens (primary N) is 1. The number of hydrogen-bond donors (Lipinski definition) is 3. The standard InChI is InChI=1S/C14H16N4S/c15-10-4-5-12-13(9-10)19-14(18-12)17-8-6-11-3-1-2-7-16-11/h1-5,7,9,14,17-18H,6,8,15H2. The highest BCUT2D eigenvalue weighted by molar-refractivity contribution is 8.00. The Bertz CT molecular complexity index is 559. The molecule has 0 radical (unpaired) electrons. The van der Waals surface area contributed by atoms with E-state index in [4.69, 9.17) is 5.73 Å². The van der Waals surface area contributed by atoms with Crippen molar-refractivity contribution < 1.29 is 0 Å². The van der Waals surface area contributed by atoms with Crippen molar-refractivity contribution in [1.29, 1.82) is 0 Å². The summed E-state index contributed by atoms with van der Waals surface area (Å²) in [5.74, 6) is 0. The van der Waals surface area contributed by atoms with Gasteiger partial charge in [-0.3, -0.25) is 10.3 Å². The lowest BCUT2D eigenvalue weighted by Crippen LogP contribution is -2.32. The first kappa shape index (κ1) is 12.3. The molecule has 2 aromatic rings. The lowest BCUT2D eigenvalue weighted by Gasteiger charge is -2.12. The average molecular weight is 272 g/mol. The minimum Gasteiger partial charge on any atom is -0.399 e. The normalized spacial score (nSPS) is 16.9. The Morgan fingerprint density at radius 1 is 1.32 bits per heavy atom. The first-order valence-corrected chi connectivity index (χ1v) is 7.15. The van der Waals surface area contributed by atoms with Gasteiger partial charge >= 0.3 is 0 Å². The van der Waals surface area contributed by atoms with E-state index < -0.39 is 0 Å². The van der Waals surface area contributed by atoms with Crippen molar-refractivity contribution in [2.45, 2.75) is 16.8 Å². The van der Waals surface area contributed by atoms with Crippen LogP contribution in [-0.2, 0) is 6.42 Å². The first-order chi connectivity index (χ1) is 9.31. The highest BCUT2D eigenvalue weighted by Gasteiger charge is 2.20. The quantitative estimate of drug-likeness (QED) is 0.745. The van der Waals surface area contributed by atoms with Crippen LogP contribution < -0.4 is 16.4 Å². The van der Waals surface area contributed by atoms with Crippen LogP contribution in [0, 0.1) is 0 Å². The van der Waals surface area contributed by atoms with Crippen LogP contribution in [0.4, 0.5) is 11.4 Å². The molecule has 98 valence electrons. The summed E-state index contributed by atoms with van der Waals surface area (Å²) in [6, 6.07) is 12.0. The third-order valence-corrected chi connectivity index (χ3v) is 4.09. The van der Waals surface area contributed by atoms with Gasteiger partial charge < -0.3 is 11.1 Å². The number of thioether (sulfide) groups is 1. The molecule has 5 heteroatoms. The third-order valence-electron chi connectivity index (χ3n) is 2.97. The zero-order chi connectivity index (χ0) is 13.1. The summed E-state index contributed by atoms with van der Waals surface area (Å²) in [6.45, 7) is 0.894. The van der Waals surface area contributed by atoms with Gasteiger partial charge in [-0.15, -0.1) is 0 Å². The van der Waals surface area contributed by atoms with Gasteiger partial charge in [-0.1, -0.05) is 17.8 Å². The Hall–Kier alpha value is -1.72. The van der Waals surface area contributed by atoms with Crippen molar-refractivity contribution >= 4 is 23.1 Å². The van der Waals surface area contributed by atoms with E-state index in [9.17, 15) is 0 Å². The van der Waals surface area contributed by atoms with Crippen molar-refractivity contribution in [2.24, 2.45) is 0 Å². The van der Waals surface area contributed by atoms with Crippen molar-refractivity contribution in [3.8, 4) is 0 Å². The molecule has 0 saturated carbocycles. The topological polar surface area (TPSA) is 63.0 Å². The number of benzene rings is 1. The molecule has 1 aliphatic heterocycles. The summed E-state index contributed by atoms with van der Waals surface area (Å²) in [7, 11) is 0. The molecule has 1 aromatic carbocycles. The fraction of sp³-hybridized carbons (Fsp3) is 0.214. The molecule has 4 N–H and O–H groups in total. The molecule has 1 aliphatic rings. The molecule has 1 unspecified atom stereocenters. The number of anilines is 2. The van der Waals surface area contributed by atoms with Gasteiger partial charge in [0.2, 0.25) is 0 Å². The van der Waals surface area contributed by atoms with Gasteiger partial charge in [0.25, 0.3) is 0 Å². The van der Waals surface area contributed by atoms with Crippen LogP contribution in [0.5, 0.6) is 0 Å². The number of aromatic nitrogens is 1. The fourth-order valence-electron chi connectivity index (χ4n) is 2.02. The van der Waals surface area contributed by atoms with Gasteiger partial charge in [0.15, 0.2) is 0 Å². The molecule has 2 heterocycles. The number of fused-ring (bicyclic) bond motifs is 1. The second-order valence-electron chi connectivity index (χ2n) is 4.42. The van der Waals surface area contributed by atoms with Crippen molar-refractivity contribution in [3.63, 3.8) is 0 Å². The van der Waals surface area contributed by atoms with Crippen LogP contribution >= 0.6 is 11.8 Å². The molecular weight excluding hydrogens is 256 g/mol. The fourth-order valence-corrected chi connectivity index (χ4v) is 3.12. The van der Waals surface area contributed by atoms with Crippen molar-refractivity contribution in [1.82, 2.24) is 10.3 Å². The number of nitrogens with zero attached hydrogens (tertiary/aromatic N) is 1. The molecule has 0 fully saturated rings. The van der Waals surface area contributed by atoms with Gasteiger partial charge in [0.1, 0.15) is 5.50 Å². The highest BCUT2D eigenvalue weighted by Crippen LogP contribution is 2.38. The maximum atomic E-state index is 5.78. The zero-order valence-corrected chi connectivity index (χ0v) is 11.3. The van der Waals surface area contributed by atoms with Crippen LogP contribution in [0.3, 0.4) is 0 Å². The number of pyridine rings is 1. The summed E-state index contributed by atoms with van der Waals surface area (Å²) in [5.41, 5.74) is 9.06. The Morgan fingerprint density at radius 3 is 3.11 bits per heavy atom. The minimum atomic E-state index is 0.209. The zero-order valence-electron chi connectivity index (χ0n) is 10.5. The van der Waals surface area contributed by atoms with E-state index in [0.29, 0.717) is 0 Å². The molecule has 19 heavy (non-hydrogen) atoms. The lowest BCUT2D eigenvalue weighted by atomic mass is 10.3. The molecule has 3 rings (SSSR count). The van der Waals surface area contributed by atoms with Gasteiger partial charge in [-0.25, -0.2) is 0 Å². The second-order valence-corrected chi connectivity index (χ2v) is 5.57. The van der Waals surface area contributed by atoms with E-state index in [1.807, 2.05) is 42.6 Å². The second kappa shape index (κ2) is 5.50. The van der Waals surface area contributed by atoms with Gasteiger partial charge in [0.05, 0.1) is 0 Å². The van der Waals surface area contributed by atoms with E-state index >= 15 is 0 Å². The first-order valence-electron chi connectivity index (χ1n) is 6.27. The molecule has 0 bridgehead atoms.